The van der Waals surface area contributed by atoms with Gasteiger partial charge < -0.3 is 5.32 Å². The van der Waals surface area contributed by atoms with Gasteiger partial charge in [0.25, 0.3) is 0 Å². The van der Waals surface area contributed by atoms with Crippen LogP contribution < -0.4 is 5.32 Å². The molecule has 1 saturated carbocycles. The summed E-state index contributed by atoms with van der Waals surface area (Å²) in [6, 6.07) is 7.79. The van der Waals surface area contributed by atoms with Crippen molar-refractivity contribution in [1.82, 2.24) is 5.32 Å². The second-order valence-corrected chi connectivity index (χ2v) is 5.05. The van der Waals surface area contributed by atoms with E-state index in [1.807, 2.05) is 12.1 Å². The van der Waals surface area contributed by atoms with Crippen molar-refractivity contribution in [2.45, 2.75) is 51.0 Å². The zero-order valence-corrected chi connectivity index (χ0v) is 10.6. The molecule has 0 bridgehead atoms. The van der Waals surface area contributed by atoms with Crippen LogP contribution in [0.2, 0.25) is 0 Å². The van der Waals surface area contributed by atoms with Gasteiger partial charge in [0, 0.05) is 6.04 Å². The third kappa shape index (κ3) is 3.29. The van der Waals surface area contributed by atoms with E-state index in [4.69, 9.17) is 0 Å². The van der Waals surface area contributed by atoms with Gasteiger partial charge >= 0.3 is 0 Å². The van der Waals surface area contributed by atoms with Gasteiger partial charge in [-0.2, -0.15) is 0 Å². The van der Waals surface area contributed by atoms with Gasteiger partial charge in [-0.1, -0.05) is 38.0 Å². The van der Waals surface area contributed by atoms with Crippen LogP contribution >= 0.6 is 0 Å². The fourth-order valence-corrected chi connectivity index (χ4v) is 2.53. The lowest BCUT2D eigenvalue weighted by molar-refractivity contribution is 0.284. The Morgan fingerprint density at radius 2 is 2.00 bits per heavy atom. The van der Waals surface area contributed by atoms with E-state index in [9.17, 15) is 4.39 Å². The number of hydrogen-bond acceptors (Lipinski definition) is 1. The minimum absolute atomic E-state index is 0.0399. The highest BCUT2D eigenvalue weighted by atomic mass is 19.1. The van der Waals surface area contributed by atoms with E-state index in [0.29, 0.717) is 12.0 Å². The number of hydrogen-bond donors (Lipinski definition) is 1. The molecule has 2 rings (SSSR count). The molecule has 0 atom stereocenters. The lowest BCUT2D eigenvalue weighted by Gasteiger charge is -2.36. The van der Waals surface area contributed by atoms with Crippen molar-refractivity contribution < 1.29 is 4.39 Å². The maximum Gasteiger partial charge on any atom is 0.126 e. The summed E-state index contributed by atoms with van der Waals surface area (Å²) in [6.07, 6.45) is 6.01. The zero-order chi connectivity index (χ0) is 12.1. The van der Waals surface area contributed by atoms with Crippen molar-refractivity contribution in [2.75, 3.05) is 6.54 Å². The Labute approximate surface area is 103 Å². The van der Waals surface area contributed by atoms with Crippen molar-refractivity contribution in [3.05, 3.63) is 35.6 Å². The van der Waals surface area contributed by atoms with E-state index in [2.05, 4.69) is 12.2 Å². The van der Waals surface area contributed by atoms with Crippen LogP contribution in [0.15, 0.2) is 24.3 Å². The van der Waals surface area contributed by atoms with E-state index in [1.54, 1.807) is 12.1 Å². The van der Waals surface area contributed by atoms with E-state index in [1.165, 1.54) is 19.3 Å². The second kappa shape index (κ2) is 6.15. The van der Waals surface area contributed by atoms with Gasteiger partial charge in [-0.25, -0.2) is 4.39 Å². The van der Waals surface area contributed by atoms with Gasteiger partial charge in [-0.15, -0.1) is 0 Å². The summed E-state index contributed by atoms with van der Waals surface area (Å²) in [5.41, 5.74) is 0.902. The molecule has 0 unspecified atom stereocenters. The summed E-state index contributed by atoms with van der Waals surface area (Å²) >= 11 is 0. The topological polar surface area (TPSA) is 12.0 Å². The molecule has 1 aliphatic carbocycles. The normalized spacial score (nSPS) is 23.4. The maximum absolute atomic E-state index is 13.5. The third-order valence-corrected chi connectivity index (χ3v) is 3.70. The number of nitrogens with one attached hydrogen (secondary N) is 1. The van der Waals surface area contributed by atoms with Crippen LogP contribution in [0.25, 0.3) is 0 Å². The summed E-state index contributed by atoms with van der Waals surface area (Å²) in [7, 11) is 0. The van der Waals surface area contributed by atoms with Crippen LogP contribution in [0.4, 0.5) is 4.39 Å². The molecule has 0 spiro atoms. The summed E-state index contributed by atoms with van der Waals surface area (Å²) in [5, 5.41) is 3.55. The van der Waals surface area contributed by atoms with Crippen molar-refractivity contribution in [3.8, 4) is 0 Å². The van der Waals surface area contributed by atoms with E-state index >= 15 is 0 Å². The Bertz CT molecular complexity index is 345. The van der Waals surface area contributed by atoms with Crippen LogP contribution in [0.3, 0.4) is 0 Å². The second-order valence-electron chi connectivity index (χ2n) is 5.05. The average molecular weight is 235 g/mol. The number of halogens is 1. The lowest BCUT2D eigenvalue weighted by atomic mass is 9.75. The molecule has 1 N–H and O–H groups in total. The van der Waals surface area contributed by atoms with Crippen LogP contribution in [-0.4, -0.2) is 12.6 Å². The minimum atomic E-state index is -0.0399. The minimum Gasteiger partial charge on any atom is -0.314 e. The van der Waals surface area contributed by atoms with Gasteiger partial charge in [0.2, 0.25) is 0 Å². The predicted octanol–water partition coefficient (Wildman–Crippen LogP) is 3.85. The molecule has 0 amide bonds. The molecule has 1 aliphatic rings. The number of benzene rings is 1. The first kappa shape index (κ1) is 12.6. The van der Waals surface area contributed by atoms with E-state index < -0.39 is 0 Å². The van der Waals surface area contributed by atoms with Crippen molar-refractivity contribution in [2.24, 2.45) is 0 Å². The Hall–Kier alpha value is -0.890. The summed E-state index contributed by atoms with van der Waals surface area (Å²) in [5.74, 6) is 0.391. The molecule has 1 aromatic rings. The largest absolute Gasteiger partial charge is 0.314 e. The Balaban J connectivity index is 1.70. The molecular weight excluding hydrogens is 213 g/mol. The molecule has 1 aromatic carbocycles. The van der Waals surface area contributed by atoms with Crippen LogP contribution in [0.5, 0.6) is 0 Å². The third-order valence-electron chi connectivity index (χ3n) is 3.70. The van der Waals surface area contributed by atoms with Gasteiger partial charge in [0.15, 0.2) is 0 Å². The molecule has 0 radical (unpaired) electrons. The van der Waals surface area contributed by atoms with Crippen LogP contribution in [0, 0.1) is 5.82 Å². The Morgan fingerprint density at radius 1 is 1.24 bits per heavy atom. The molecule has 1 nitrogen and oxygen atoms in total. The highest BCUT2D eigenvalue weighted by Crippen LogP contribution is 2.37. The molecule has 0 saturated heterocycles. The molecule has 1 fully saturated rings. The first-order valence-electron chi connectivity index (χ1n) is 6.79. The molecule has 0 aromatic heterocycles. The molecule has 94 valence electrons. The van der Waals surface area contributed by atoms with Gasteiger partial charge in [-0.05, 0) is 43.4 Å². The predicted molar refractivity (Wildman–Crippen MR) is 69.7 cm³/mol. The smallest absolute Gasteiger partial charge is 0.126 e. The van der Waals surface area contributed by atoms with Crippen LogP contribution in [-0.2, 0) is 0 Å². The molecule has 2 heteroatoms. The quantitative estimate of drug-likeness (QED) is 0.738. The van der Waals surface area contributed by atoms with Crippen molar-refractivity contribution >= 4 is 0 Å². The lowest BCUT2D eigenvalue weighted by Crippen LogP contribution is -2.40. The van der Waals surface area contributed by atoms with Gasteiger partial charge in [0.05, 0.1) is 0 Å². The number of rotatable bonds is 6. The first-order chi connectivity index (χ1) is 8.31. The fraction of sp³-hybridized carbons (Fsp3) is 0.600. The first-order valence-corrected chi connectivity index (χ1v) is 6.79. The zero-order valence-electron chi connectivity index (χ0n) is 10.6. The average Bonchev–Trinajstić information content (AvgIpc) is 2.28. The summed E-state index contributed by atoms with van der Waals surface area (Å²) in [4.78, 5) is 0. The Kier molecular flexibility index (Phi) is 4.55. The SMILES string of the molecule is CCCCCNC1CC(c2ccccc2F)C1. The summed E-state index contributed by atoms with van der Waals surface area (Å²) < 4.78 is 13.5. The monoisotopic (exact) mass is 235 g/mol. The fourth-order valence-electron chi connectivity index (χ4n) is 2.53. The van der Waals surface area contributed by atoms with E-state index in [0.717, 1.165) is 24.9 Å². The van der Waals surface area contributed by atoms with Crippen molar-refractivity contribution in [1.29, 1.82) is 0 Å². The molecular formula is C15H22FN. The molecule has 17 heavy (non-hydrogen) atoms. The highest BCUT2D eigenvalue weighted by Gasteiger charge is 2.31. The Morgan fingerprint density at radius 3 is 2.71 bits per heavy atom. The van der Waals surface area contributed by atoms with Gasteiger partial charge in [0.1, 0.15) is 5.82 Å². The van der Waals surface area contributed by atoms with Crippen molar-refractivity contribution in [3.63, 3.8) is 0 Å². The maximum atomic E-state index is 13.5. The highest BCUT2D eigenvalue weighted by molar-refractivity contribution is 5.24. The van der Waals surface area contributed by atoms with Gasteiger partial charge in [-0.3, -0.25) is 0 Å². The molecule has 0 aliphatic heterocycles. The van der Waals surface area contributed by atoms with Crippen LogP contribution in [0.1, 0.15) is 50.5 Å². The molecule has 0 heterocycles. The number of unbranched alkanes of at least 4 members (excludes halogenated alkanes) is 2. The van der Waals surface area contributed by atoms with E-state index in [-0.39, 0.29) is 5.82 Å². The summed E-state index contributed by atoms with van der Waals surface area (Å²) in [6.45, 7) is 3.33. The standard InChI is InChI=1S/C15H22FN/c1-2-3-6-9-17-13-10-12(11-13)14-7-4-5-8-15(14)16/h4-5,7-8,12-13,17H,2-3,6,9-11H2,1H3.